The van der Waals surface area contributed by atoms with Crippen molar-refractivity contribution in [1.82, 2.24) is 35.4 Å². The number of hydrogen-bond acceptors (Lipinski definition) is 7. The maximum absolute atomic E-state index is 12.4. The van der Waals surface area contributed by atoms with Crippen LogP contribution in [0, 0.1) is 13.8 Å². The van der Waals surface area contributed by atoms with Crippen LogP contribution < -0.4 is 0 Å². The molecule has 3 heterocycles. The van der Waals surface area contributed by atoms with E-state index in [0.29, 0.717) is 30.3 Å². The number of hydrogen-bond donors (Lipinski definition) is 0. The van der Waals surface area contributed by atoms with Crippen molar-refractivity contribution in [3.05, 3.63) is 41.2 Å². The fraction of sp³-hybridized carbons (Fsp3) is 0.444. The number of aryl methyl sites for hydroxylation is 2. The maximum Gasteiger partial charge on any atom is 0.228 e. The van der Waals surface area contributed by atoms with Crippen molar-refractivity contribution in [3.63, 3.8) is 0 Å². The molecule has 2 aromatic heterocycles. The predicted octanol–water partition coefficient (Wildman–Crippen LogP) is 1.75. The fourth-order valence-corrected chi connectivity index (χ4v) is 3.21. The third kappa shape index (κ3) is 3.71. The van der Waals surface area contributed by atoms with E-state index in [9.17, 15) is 4.79 Å². The lowest BCUT2D eigenvalue weighted by Crippen LogP contribution is -2.40. The lowest BCUT2D eigenvalue weighted by Gasteiger charge is -2.31. The molecule has 0 radical (unpaired) electrons. The highest BCUT2D eigenvalue weighted by Crippen LogP contribution is 2.23. The van der Waals surface area contributed by atoms with Gasteiger partial charge in [-0.3, -0.25) is 4.79 Å². The smallest absolute Gasteiger partial charge is 0.228 e. The van der Waals surface area contributed by atoms with Crippen LogP contribution in [0.3, 0.4) is 0 Å². The minimum absolute atomic E-state index is 0.0409. The van der Waals surface area contributed by atoms with E-state index in [0.717, 1.165) is 18.4 Å². The standard InChI is InChI=1S/C18H21N7O2/c1-12-3-5-14(6-4-12)18-19-23-25(20-18)15-7-9-24(10-8-15)17(26)11-16-13(2)21-27-22-16/h3-6,15H,7-11H2,1-2H3. The normalized spacial score (nSPS) is 15.3. The summed E-state index contributed by atoms with van der Waals surface area (Å²) in [4.78, 5) is 16.0. The van der Waals surface area contributed by atoms with Gasteiger partial charge in [-0.1, -0.05) is 40.1 Å². The molecule has 0 unspecified atom stereocenters. The number of piperidine rings is 1. The van der Waals surface area contributed by atoms with E-state index in [1.165, 1.54) is 5.56 Å². The number of nitrogens with zero attached hydrogens (tertiary/aromatic N) is 7. The second-order valence-corrected chi connectivity index (χ2v) is 6.88. The topological polar surface area (TPSA) is 103 Å². The molecule has 1 aliphatic rings. The Balaban J connectivity index is 1.36. The van der Waals surface area contributed by atoms with Crippen molar-refractivity contribution >= 4 is 5.91 Å². The summed E-state index contributed by atoms with van der Waals surface area (Å²) in [6.45, 7) is 5.15. The van der Waals surface area contributed by atoms with Crippen LogP contribution in [0.5, 0.6) is 0 Å². The van der Waals surface area contributed by atoms with Crippen LogP contribution in [0.15, 0.2) is 28.9 Å². The molecule has 0 N–H and O–H groups in total. The van der Waals surface area contributed by atoms with Gasteiger partial charge in [0.2, 0.25) is 11.7 Å². The maximum atomic E-state index is 12.4. The van der Waals surface area contributed by atoms with Gasteiger partial charge >= 0.3 is 0 Å². The van der Waals surface area contributed by atoms with Gasteiger partial charge in [-0.15, -0.1) is 10.2 Å². The number of aromatic nitrogens is 6. The van der Waals surface area contributed by atoms with Gasteiger partial charge in [0.15, 0.2) is 0 Å². The quantitative estimate of drug-likeness (QED) is 0.692. The van der Waals surface area contributed by atoms with Crippen molar-refractivity contribution < 1.29 is 9.42 Å². The van der Waals surface area contributed by atoms with Gasteiger partial charge in [0.05, 0.1) is 12.5 Å². The Hall–Kier alpha value is -3.10. The molecule has 27 heavy (non-hydrogen) atoms. The number of tetrazole rings is 1. The highest BCUT2D eigenvalue weighted by molar-refractivity contribution is 5.78. The van der Waals surface area contributed by atoms with Crippen molar-refractivity contribution in [1.29, 1.82) is 0 Å². The molecule has 1 fully saturated rings. The first-order valence-electron chi connectivity index (χ1n) is 9.02. The SMILES string of the molecule is Cc1ccc(-c2nnn(C3CCN(C(=O)Cc4nonc4C)CC3)n2)cc1. The molecule has 1 saturated heterocycles. The van der Waals surface area contributed by atoms with Gasteiger partial charge in [-0.05, 0) is 31.9 Å². The first kappa shape index (κ1) is 17.3. The Morgan fingerprint density at radius 3 is 2.56 bits per heavy atom. The number of rotatable bonds is 4. The van der Waals surface area contributed by atoms with Gasteiger partial charge in [-0.2, -0.15) is 4.80 Å². The zero-order chi connectivity index (χ0) is 18.8. The molecule has 3 aromatic rings. The summed E-state index contributed by atoms with van der Waals surface area (Å²) in [5, 5.41) is 20.4. The Morgan fingerprint density at radius 1 is 1.15 bits per heavy atom. The van der Waals surface area contributed by atoms with Crippen LogP contribution in [-0.4, -0.2) is 54.4 Å². The summed E-state index contributed by atoms with van der Waals surface area (Å²) in [5.74, 6) is 0.668. The molecule has 0 saturated carbocycles. The monoisotopic (exact) mass is 367 g/mol. The molecule has 9 nitrogen and oxygen atoms in total. The average Bonchev–Trinajstić information content (AvgIpc) is 3.32. The van der Waals surface area contributed by atoms with Gasteiger partial charge in [0.25, 0.3) is 0 Å². The van der Waals surface area contributed by atoms with Crippen LogP contribution in [-0.2, 0) is 11.2 Å². The van der Waals surface area contributed by atoms with E-state index in [4.69, 9.17) is 0 Å². The van der Waals surface area contributed by atoms with Crippen molar-refractivity contribution in [2.75, 3.05) is 13.1 Å². The summed E-state index contributed by atoms with van der Waals surface area (Å²) in [5.41, 5.74) is 3.41. The van der Waals surface area contributed by atoms with Crippen LogP contribution in [0.2, 0.25) is 0 Å². The lowest BCUT2D eigenvalue weighted by atomic mass is 10.0. The fourth-order valence-electron chi connectivity index (χ4n) is 3.21. The van der Waals surface area contributed by atoms with Crippen molar-refractivity contribution in [3.8, 4) is 11.4 Å². The van der Waals surface area contributed by atoms with Crippen LogP contribution >= 0.6 is 0 Å². The molecular weight excluding hydrogens is 346 g/mol. The predicted molar refractivity (Wildman–Crippen MR) is 95.6 cm³/mol. The summed E-state index contributed by atoms with van der Waals surface area (Å²) >= 11 is 0. The van der Waals surface area contributed by atoms with Crippen LogP contribution in [0.1, 0.15) is 35.8 Å². The number of carbonyl (C=O) groups excluding carboxylic acids is 1. The van der Waals surface area contributed by atoms with E-state index in [-0.39, 0.29) is 18.4 Å². The molecule has 0 aliphatic carbocycles. The molecule has 0 atom stereocenters. The Bertz CT molecular complexity index is 923. The van der Waals surface area contributed by atoms with E-state index in [1.807, 2.05) is 36.1 Å². The zero-order valence-electron chi connectivity index (χ0n) is 15.4. The molecule has 9 heteroatoms. The Labute approximate surface area is 156 Å². The van der Waals surface area contributed by atoms with Crippen LogP contribution in [0.25, 0.3) is 11.4 Å². The second-order valence-electron chi connectivity index (χ2n) is 6.88. The molecule has 0 bridgehead atoms. The van der Waals surface area contributed by atoms with Crippen LogP contribution in [0.4, 0.5) is 0 Å². The Kier molecular flexibility index (Phi) is 4.66. The van der Waals surface area contributed by atoms with Crippen molar-refractivity contribution in [2.45, 2.75) is 39.2 Å². The third-order valence-electron chi connectivity index (χ3n) is 4.95. The number of amides is 1. The third-order valence-corrected chi connectivity index (χ3v) is 4.95. The number of carbonyl (C=O) groups is 1. The van der Waals surface area contributed by atoms with Gasteiger partial charge < -0.3 is 4.90 Å². The Morgan fingerprint density at radius 2 is 1.89 bits per heavy atom. The van der Waals surface area contributed by atoms with E-state index in [1.54, 1.807) is 11.7 Å². The van der Waals surface area contributed by atoms with Crippen molar-refractivity contribution in [2.24, 2.45) is 0 Å². The minimum Gasteiger partial charge on any atom is -0.342 e. The minimum atomic E-state index is 0.0409. The summed E-state index contributed by atoms with van der Waals surface area (Å²) in [6.07, 6.45) is 1.82. The summed E-state index contributed by atoms with van der Waals surface area (Å²) in [7, 11) is 0. The van der Waals surface area contributed by atoms with E-state index in [2.05, 4.69) is 30.4 Å². The molecule has 1 aliphatic heterocycles. The number of benzene rings is 1. The largest absolute Gasteiger partial charge is 0.342 e. The molecule has 0 spiro atoms. The first-order chi connectivity index (χ1) is 13.1. The zero-order valence-corrected chi connectivity index (χ0v) is 15.4. The van der Waals surface area contributed by atoms with E-state index >= 15 is 0 Å². The molecule has 4 rings (SSSR count). The molecule has 140 valence electrons. The van der Waals surface area contributed by atoms with E-state index < -0.39 is 0 Å². The van der Waals surface area contributed by atoms with Gasteiger partial charge in [0.1, 0.15) is 11.4 Å². The second kappa shape index (κ2) is 7.26. The highest BCUT2D eigenvalue weighted by atomic mass is 16.6. The summed E-state index contributed by atoms with van der Waals surface area (Å²) < 4.78 is 4.66. The first-order valence-corrected chi connectivity index (χ1v) is 9.02. The number of likely N-dealkylation sites (tertiary alicyclic amines) is 1. The lowest BCUT2D eigenvalue weighted by molar-refractivity contribution is -0.131. The summed E-state index contributed by atoms with van der Waals surface area (Å²) in [6, 6.07) is 8.21. The highest BCUT2D eigenvalue weighted by Gasteiger charge is 2.26. The molecule has 1 aromatic carbocycles. The molecular formula is C18H21N7O2. The van der Waals surface area contributed by atoms with Gasteiger partial charge in [-0.25, -0.2) is 4.63 Å². The molecule has 1 amide bonds. The van der Waals surface area contributed by atoms with Gasteiger partial charge in [0, 0.05) is 18.7 Å². The average molecular weight is 367 g/mol.